The van der Waals surface area contributed by atoms with Gasteiger partial charge in [-0.05, 0) is 17.5 Å². The highest BCUT2D eigenvalue weighted by atomic mass is 35.5. The maximum Gasteiger partial charge on any atom is 0.282 e. The molecule has 0 fully saturated rings. The Bertz CT molecular complexity index is 494. The summed E-state index contributed by atoms with van der Waals surface area (Å²) in [6.07, 6.45) is 0.665. The first kappa shape index (κ1) is 13.8. The van der Waals surface area contributed by atoms with Gasteiger partial charge in [-0.25, -0.2) is 0 Å². The van der Waals surface area contributed by atoms with Gasteiger partial charge in [0.2, 0.25) is 0 Å². The third kappa shape index (κ3) is 2.69. The molecule has 100 valence electrons. The highest BCUT2D eigenvalue weighted by Crippen LogP contribution is 2.25. The van der Waals surface area contributed by atoms with Gasteiger partial charge in [0.15, 0.2) is 0 Å². The van der Waals surface area contributed by atoms with Gasteiger partial charge >= 0.3 is 0 Å². The molecule has 0 amide bonds. The minimum Gasteiger partial charge on any atom is -0.195 e. The van der Waals surface area contributed by atoms with E-state index in [0.29, 0.717) is 31.9 Å². The minimum atomic E-state index is -3.37. The van der Waals surface area contributed by atoms with Crippen molar-refractivity contribution in [3.05, 3.63) is 35.4 Å². The van der Waals surface area contributed by atoms with Crippen molar-refractivity contribution in [2.45, 2.75) is 19.5 Å². The van der Waals surface area contributed by atoms with E-state index in [1.807, 2.05) is 24.3 Å². The molecule has 1 heterocycles. The summed E-state index contributed by atoms with van der Waals surface area (Å²) in [6.45, 7) is 1.38. The molecule has 0 aromatic heterocycles. The van der Waals surface area contributed by atoms with Crippen molar-refractivity contribution in [2.75, 3.05) is 19.5 Å². The summed E-state index contributed by atoms with van der Waals surface area (Å²) in [4.78, 5) is 0. The Balaban J connectivity index is 2.10. The number of hydrogen-bond donors (Lipinski definition) is 0. The Morgan fingerprint density at radius 1 is 1.28 bits per heavy atom. The predicted octanol–water partition coefficient (Wildman–Crippen LogP) is 1.81. The Kier molecular flexibility index (Phi) is 4.27. The summed E-state index contributed by atoms with van der Waals surface area (Å²) in [5.41, 5.74) is 2.18. The molecule has 2 rings (SSSR count). The SMILES string of the molecule is CN(CCCCl)S(=O)(=O)N1Cc2ccccc2C1. The molecule has 0 radical (unpaired) electrons. The molecular formula is C12H17ClN2O2S. The maximum atomic E-state index is 12.3. The van der Waals surface area contributed by atoms with E-state index >= 15 is 0 Å². The van der Waals surface area contributed by atoms with Crippen molar-refractivity contribution in [1.29, 1.82) is 0 Å². The molecule has 0 saturated carbocycles. The average Bonchev–Trinajstić information content (AvgIpc) is 2.80. The normalized spacial score (nSPS) is 16.2. The second-order valence-electron chi connectivity index (χ2n) is 4.41. The lowest BCUT2D eigenvalue weighted by Crippen LogP contribution is -2.39. The van der Waals surface area contributed by atoms with Crippen LogP contribution in [0, 0.1) is 0 Å². The summed E-state index contributed by atoms with van der Waals surface area (Å²) in [5, 5.41) is 0. The van der Waals surface area contributed by atoms with Gasteiger partial charge in [-0.2, -0.15) is 17.0 Å². The van der Waals surface area contributed by atoms with Crippen molar-refractivity contribution in [2.24, 2.45) is 0 Å². The molecule has 0 bridgehead atoms. The van der Waals surface area contributed by atoms with Crippen LogP contribution in [0.2, 0.25) is 0 Å². The van der Waals surface area contributed by atoms with Crippen LogP contribution in [0.3, 0.4) is 0 Å². The number of nitrogens with zero attached hydrogens (tertiary/aromatic N) is 2. The number of alkyl halides is 1. The maximum absolute atomic E-state index is 12.3. The largest absolute Gasteiger partial charge is 0.282 e. The molecule has 0 aliphatic carbocycles. The van der Waals surface area contributed by atoms with E-state index in [2.05, 4.69) is 0 Å². The van der Waals surface area contributed by atoms with Crippen LogP contribution in [-0.4, -0.2) is 36.5 Å². The van der Waals surface area contributed by atoms with E-state index in [1.165, 1.54) is 8.61 Å². The smallest absolute Gasteiger partial charge is 0.195 e. The third-order valence-electron chi connectivity index (χ3n) is 3.14. The van der Waals surface area contributed by atoms with E-state index in [1.54, 1.807) is 7.05 Å². The fraction of sp³-hybridized carbons (Fsp3) is 0.500. The first-order valence-corrected chi connectivity index (χ1v) is 7.83. The van der Waals surface area contributed by atoms with Crippen LogP contribution in [0.25, 0.3) is 0 Å². The van der Waals surface area contributed by atoms with Gasteiger partial charge in [0.05, 0.1) is 0 Å². The van der Waals surface area contributed by atoms with Gasteiger partial charge in [-0.15, -0.1) is 11.6 Å². The standard InChI is InChI=1S/C12H17ClN2O2S/c1-14(8-4-7-13)18(16,17)15-9-11-5-2-3-6-12(11)10-15/h2-3,5-6H,4,7-10H2,1H3. The molecule has 1 aromatic rings. The van der Waals surface area contributed by atoms with Gasteiger partial charge in [-0.3, -0.25) is 0 Å². The second kappa shape index (κ2) is 5.57. The van der Waals surface area contributed by atoms with Crippen molar-refractivity contribution in [3.63, 3.8) is 0 Å². The molecule has 4 nitrogen and oxygen atoms in total. The summed E-state index contributed by atoms with van der Waals surface area (Å²) < 4.78 is 27.5. The quantitative estimate of drug-likeness (QED) is 0.775. The van der Waals surface area contributed by atoms with E-state index in [9.17, 15) is 8.42 Å². The summed E-state index contributed by atoms with van der Waals surface area (Å²) >= 11 is 5.59. The molecular weight excluding hydrogens is 272 g/mol. The zero-order valence-corrected chi connectivity index (χ0v) is 11.9. The zero-order valence-electron chi connectivity index (χ0n) is 10.3. The number of rotatable bonds is 5. The molecule has 1 aliphatic heterocycles. The number of fused-ring (bicyclic) bond motifs is 1. The summed E-state index contributed by atoms with van der Waals surface area (Å²) in [7, 11) is -1.77. The van der Waals surface area contributed by atoms with E-state index in [4.69, 9.17) is 11.6 Å². The van der Waals surface area contributed by atoms with Gasteiger partial charge in [0.25, 0.3) is 10.2 Å². The molecule has 0 N–H and O–H groups in total. The van der Waals surface area contributed by atoms with Crippen LogP contribution < -0.4 is 0 Å². The number of halogens is 1. The second-order valence-corrected chi connectivity index (χ2v) is 6.82. The monoisotopic (exact) mass is 288 g/mol. The zero-order chi connectivity index (χ0) is 13.2. The Morgan fingerprint density at radius 2 is 1.83 bits per heavy atom. The molecule has 0 unspecified atom stereocenters. The lowest BCUT2D eigenvalue weighted by Gasteiger charge is -2.23. The number of benzene rings is 1. The van der Waals surface area contributed by atoms with Gasteiger partial charge in [0, 0.05) is 32.6 Å². The van der Waals surface area contributed by atoms with Crippen LogP contribution in [0.4, 0.5) is 0 Å². The highest BCUT2D eigenvalue weighted by Gasteiger charge is 2.31. The van der Waals surface area contributed by atoms with Crippen molar-refractivity contribution in [1.82, 2.24) is 8.61 Å². The lowest BCUT2D eigenvalue weighted by molar-refractivity contribution is 0.368. The van der Waals surface area contributed by atoms with Crippen LogP contribution >= 0.6 is 11.6 Å². The van der Waals surface area contributed by atoms with E-state index in [0.717, 1.165) is 11.1 Å². The molecule has 1 aromatic carbocycles. The Labute approximate surface area is 113 Å². The van der Waals surface area contributed by atoms with Crippen LogP contribution in [0.15, 0.2) is 24.3 Å². The van der Waals surface area contributed by atoms with Gasteiger partial charge in [0.1, 0.15) is 0 Å². The average molecular weight is 289 g/mol. The molecule has 0 saturated heterocycles. The van der Waals surface area contributed by atoms with E-state index in [-0.39, 0.29) is 0 Å². The van der Waals surface area contributed by atoms with Crippen LogP contribution in [-0.2, 0) is 23.3 Å². The minimum absolute atomic E-state index is 0.457. The number of hydrogen-bond acceptors (Lipinski definition) is 2. The van der Waals surface area contributed by atoms with Crippen molar-refractivity contribution < 1.29 is 8.42 Å². The van der Waals surface area contributed by atoms with Crippen LogP contribution in [0.5, 0.6) is 0 Å². The summed E-state index contributed by atoms with van der Waals surface area (Å²) in [6, 6.07) is 7.82. The molecule has 0 spiro atoms. The fourth-order valence-electron chi connectivity index (χ4n) is 2.06. The van der Waals surface area contributed by atoms with Crippen molar-refractivity contribution in [3.8, 4) is 0 Å². The van der Waals surface area contributed by atoms with Crippen LogP contribution in [0.1, 0.15) is 17.5 Å². The first-order chi connectivity index (χ1) is 8.55. The highest BCUT2D eigenvalue weighted by molar-refractivity contribution is 7.86. The first-order valence-electron chi connectivity index (χ1n) is 5.90. The molecule has 18 heavy (non-hydrogen) atoms. The summed E-state index contributed by atoms with van der Waals surface area (Å²) in [5.74, 6) is 0.472. The molecule has 1 aliphatic rings. The molecule has 0 atom stereocenters. The lowest BCUT2D eigenvalue weighted by atomic mass is 10.1. The Morgan fingerprint density at radius 3 is 2.33 bits per heavy atom. The van der Waals surface area contributed by atoms with Gasteiger partial charge in [-0.1, -0.05) is 24.3 Å². The van der Waals surface area contributed by atoms with Gasteiger partial charge < -0.3 is 0 Å². The molecule has 6 heteroatoms. The fourth-order valence-corrected chi connectivity index (χ4v) is 3.54. The topological polar surface area (TPSA) is 40.6 Å². The predicted molar refractivity (Wildman–Crippen MR) is 72.6 cm³/mol. The van der Waals surface area contributed by atoms with E-state index < -0.39 is 10.2 Å². The third-order valence-corrected chi connectivity index (χ3v) is 5.29. The Hall–Kier alpha value is -0.620. The van der Waals surface area contributed by atoms with Crippen molar-refractivity contribution >= 4 is 21.8 Å².